The summed E-state index contributed by atoms with van der Waals surface area (Å²) in [6.07, 6.45) is 0.883. The fraction of sp³-hybridized carbons (Fsp3) is 0.235. The summed E-state index contributed by atoms with van der Waals surface area (Å²) in [6, 6.07) is 11.6. The Morgan fingerprint density at radius 3 is 2.85 bits per heavy atom. The van der Waals surface area contributed by atoms with Crippen molar-refractivity contribution in [3.63, 3.8) is 0 Å². The molecule has 2 aromatic rings. The number of carbonyl (C=O) groups is 1. The number of benzene rings is 2. The van der Waals surface area contributed by atoms with Gasteiger partial charge in [0.1, 0.15) is 5.75 Å². The lowest BCUT2D eigenvalue weighted by Gasteiger charge is -2.08. The van der Waals surface area contributed by atoms with E-state index in [4.69, 9.17) is 9.47 Å². The third kappa shape index (κ3) is 1.74. The van der Waals surface area contributed by atoms with Crippen LogP contribution in [0.1, 0.15) is 32.6 Å². The van der Waals surface area contributed by atoms with Crippen LogP contribution in [0, 0.1) is 0 Å². The standard InChI is InChI=1S/C17H14O3/c18-16(12-4-5-13-9-19-10-14(13)8-12)15-3-1-2-11-6-7-20-17(11)15/h1-5,8H,6-7,9-10H2. The zero-order chi connectivity index (χ0) is 13.5. The molecule has 2 aromatic carbocycles. The fourth-order valence-electron chi connectivity index (χ4n) is 2.86. The van der Waals surface area contributed by atoms with Crippen LogP contribution >= 0.6 is 0 Å². The van der Waals surface area contributed by atoms with Gasteiger partial charge in [0.25, 0.3) is 0 Å². The average molecular weight is 266 g/mol. The van der Waals surface area contributed by atoms with Gasteiger partial charge in [0, 0.05) is 12.0 Å². The molecule has 3 nitrogen and oxygen atoms in total. The predicted octanol–water partition coefficient (Wildman–Crippen LogP) is 2.88. The fourth-order valence-corrected chi connectivity index (χ4v) is 2.86. The van der Waals surface area contributed by atoms with Crippen LogP contribution in [0.3, 0.4) is 0 Å². The molecular formula is C17H14O3. The zero-order valence-electron chi connectivity index (χ0n) is 11.0. The summed E-state index contributed by atoms with van der Waals surface area (Å²) in [4.78, 5) is 12.7. The summed E-state index contributed by atoms with van der Waals surface area (Å²) >= 11 is 0. The average Bonchev–Trinajstić information content (AvgIpc) is 3.13. The predicted molar refractivity (Wildman–Crippen MR) is 74.0 cm³/mol. The Bertz CT molecular complexity index is 703. The molecule has 0 unspecified atom stereocenters. The van der Waals surface area contributed by atoms with Crippen molar-refractivity contribution < 1.29 is 14.3 Å². The number of ether oxygens (including phenoxy) is 2. The molecule has 4 rings (SSSR count). The van der Waals surface area contributed by atoms with E-state index in [1.165, 1.54) is 5.56 Å². The van der Waals surface area contributed by atoms with Gasteiger partial charge in [-0.2, -0.15) is 0 Å². The van der Waals surface area contributed by atoms with Crippen LogP contribution < -0.4 is 4.74 Å². The Balaban J connectivity index is 1.76. The molecule has 20 heavy (non-hydrogen) atoms. The lowest BCUT2D eigenvalue weighted by Crippen LogP contribution is -2.04. The van der Waals surface area contributed by atoms with E-state index in [-0.39, 0.29) is 5.78 Å². The minimum Gasteiger partial charge on any atom is -0.492 e. The third-order valence-corrected chi connectivity index (χ3v) is 3.94. The number of para-hydroxylation sites is 1. The largest absolute Gasteiger partial charge is 0.492 e. The van der Waals surface area contributed by atoms with Gasteiger partial charge in [-0.3, -0.25) is 4.79 Å². The molecule has 0 bridgehead atoms. The second kappa shape index (κ2) is 4.46. The van der Waals surface area contributed by atoms with E-state index in [9.17, 15) is 4.79 Å². The van der Waals surface area contributed by atoms with Crippen molar-refractivity contribution >= 4 is 5.78 Å². The SMILES string of the molecule is O=C(c1ccc2c(c1)COC2)c1cccc2c1OCC2. The van der Waals surface area contributed by atoms with Crippen LogP contribution in [0.5, 0.6) is 5.75 Å². The molecule has 0 atom stereocenters. The van der Waals surface area contributed by atoms with E-state index in [0.29, 0.717) is 30.9 Å². The lowest BCUT2D eigenvalue weighted by atomic mass is 9.97. The maximum Gasteiger partial charge on any atom is 0.196 e. The number of fused-ring (bicyclic) bond motifs is 2. The van der Waals surface area contributed by atoms with Crippen LogP contribution in [-0.2, 0) is 24.4 Å². The molecule has 0 aromatic heterocycles. The first-order valence-electron chi connectivity index (χ1n) is 6.82. The third-order valence-electron chi connectivity index (χ3n) is 3.94. The number of ketones is 1. The lowest BCUT2D eigenvalue weighted by molar-refractivity contribution is 0.103. The first kappa shape index (κ1) is 11.7. The monoisotopic (exact) mass is 266 g/mol. The van der Waals surface area contributed by atoms with E-state index in [0.717, 1.165) is 23.3 Å². The molecule has 0 fully saturated rings. The van der Waals surface area contributed by atoms with Crippen LogP contribution in [0.4, 0.5) is 0 Å². The van der Waals surface area contributed by atoms with Gasteiger partial charge in [0.15, 0.2) is 5.78 Å². The maximum atomic E-state index is 12.7. The molecular weight excluding hydrogens is 252 g/mol. The Labute approximate surface area is 117 Å². The number of hydrogen-bond donors (Lipinski definition) is 0. The van der Waals surface area contributed by atoms with Crippen molar-refractivity contribution in [3.8, 4) is 5.75 Å². The van der Waals surface area contributed by atoms with Crippen LogP contribution in [0.25, 0.3) is 0 Å². The summed E-state index contributed by atoms with van der Waals surface area (Å²) in [5.74, 6) is 0.785. The molecule has 0 saturated carbocycles. The highest BCUT2D eigenvalue weighted by molar-refractivity contribution is 6.11. The van der Waals surface area contributed by atoms with Crippen LogP contribution in [-0.4, -0.2) is 12.4 Å². The molecule has 0 saturated heterocycles. The molecule has 2 aliphatic rings. The molecule has 0 radical (unpaired) electrons. The van der Waals surface area contributed by atoms with E-state index in [2.05, 4.69) is 0 Å². The van der Waals surface area contributed by atoms with Crippen molar-refractivity contribution in [3.05, 3.63) is 64.2 Å². The van der Waals surface area contributed by atoms with Gasteiger partial charge >= 0.3 is 0 Å². The first-order chi connectivity index (χ1) is 9.83. The molecule has 0 aliphatic carbocycles. The normalized spacial score (nSPS) is 15.6. The topological polar surface area (TPSA) is 35.5 Å². The highest BCUT2D eigenvalue weighted by atomic mass is 16.5. The second-order valence-electron chi connectivity index (χ2n) is 5.20. The Morgan fingerprint density at radius 2 is 1.90 bits per heavy atom. The summed E-state index contributed by atoms with van der Waals surface area (Å²) in [6.45, 7) is 1.91. The van der Waals surface area contributed by atoms with Gasteiger partial charge in [0.2, 0.25) is 0 Å². The van der Waals surface area contributed by atoms with Gasteiger partial charge in [0.05, 0.1) is 25.4 Å². The minimum absolute atomic E-state index is 0.0263. The van der Waals surface area contributed by atoms with E-state index < -0.39 is 0 Å². The number of rotatable bonds is 2. The van der Waals surface area contributed by atoms with Crippen molar-refractivity contribution in [2.75, 3.05) is 6.61 Å². The van der Waals surface area contributed by atoms with E-state index in [1.807, 2.05) is 36.4 Å². The zero-order valence-corrected chi connectivity index (χ0v) is 11.0. The molecule has 2 aliphatic heterocycles. The molecule has 0 N–H and O–H groups in total. The quantitative estimate of drug-likeness (QED) is 0.784. The van der Waals surface area contributed by atoms with Crippen LogP contribution in [0.15, 0.2) is 36.4 Å². The molecule has 100 valence electrons. The summed E-state index contributed by atoms with van der Waals surface area (Å²) in [5.41, 5.74) is 4.79. The van der Waals surface area contributed by atoms with Crippen molar-refractivity contribution in [2.45, 2.75) is 19.6 Å². The van der Waals surface area contributed by atoms with Crippen molar-refractivity contribution in [1.82, 2.24) is 0 Å². The van der Waals surface area contributed by atoms with Crippen molar-refractivity contribution in [1.29, 1.82) is 0 Å². The summed E-state index contributed by atoms with van der Waals surface area (Å²) in [7, 11) is 0. The minimum atomic E-state index is 0.0263. The van der Waals surface area contributed by atoms with E-state index >= 15 is 0 Å². The number of hydrogen-bond acceptors (Lipinski definition) is 3. The van der Waals surface area contributed by atoms with Gasteiger partial charge in [-0.15, -0.1) is 0 Å². The van der Waals surface area contributed by atoms with Crippen LogP contribution in [0.2, 0.25) is 0 Å². The van der Waals surface area contributed by atoms with Gasteiger partial charge in [-0.25, -0.2) is 0 Å². The van der Waals surface area contributed by atoms with Gasteiger partial charge < -0.3 is 9.47 Å². The number of carbonyl (C=O) groups excluding carboxylic acids is 1. The molecule has 0 spiro atoms. The molecule has 0 amide bonds. The second-order valence-corrected chi connectivity index (χ2v) is 5.20. The first-order valence-corrected chi connectivity index (χ1v) is 6.82. The summed E-state index contributed by atoms with van der Waals surface area (Å²) < 4.78 is 11.0. The Kier molecular flexibility index (Phi) is 2.60. The molecule has 2 heterocycles. The Hall–Kier alpha value is -2.13. The highest BCUT2D eigenvalue weighted by Crippen LogP contribution is 2.31. The van der Waals surface area contributed by atoms with Gasteiger partial charge in [-0.05, 0) is 28.8 Å². The molecule has 3 heteroatoms. The Morgan fingerprint density at radius 1 is 1.00 bits per heavy atom. The smallest absolute Gasteiger partial charge is 0.196 e. The van der Waals surface area contributed by atoms with Crippen molar-refractivity contribution in [2.24, 2.45) is 0 Å². The summed E-state index contributed by atoms with van der Waals surface area (Å²) in [5, 5.41) is 0. The highest BCUT2D eigenvalue weighted by Gasteiger charge is 2.22. The van der Waals surface area contributed by atoms with E-state index in [1.54, 1.807) is 0 Å². The van der Waals surface area contributed by atoms with Gasteiger partial charge in [-0.1, -0.05) is 24.3 Å². The maximum absolute atomic E-state index is 12.7.